The van der Waals surface area contributed by atoms with Crippen LogP contribution >= 0.6 is 23.2 Å². The molecule has 0 bridgehead atoms. The molecule has 0 aliphatic heterocycles. The first-order chi connectivity index (χ1) is 9.10. The molecule has 1 unspecified atom stereocenters. The molecule has 0 fully saturated rings. The van der Waals surface area contributed by atoms with Crippen molar-refractivity contribution >= 4 is 29.4 Å². The zero-order valence-corrected chi connectivity index (χ0v) is 12.7. The van der Waals surface area contributed by atoms with Gasteiger partial charge in [-0.25, -0.2) is 9.97 Å². The smallest absolute Gasteiger partial charge is 0.143 e. The van der Waals surface area contributed by atoms with Crippen LogP contribution in [0.4, 0.5) is 0 Å². The fourth-order valence-corrected chi connectivity index (χ4v) is 2.32. The summed E-state index contributed by atoms with van der Waals surface area (Å²) in [5.74, 6) is 0.855. The standard InChI is InChI=1S/C13H19Cl2N3O/c1-3-4-5-6-7-9(2)13-17-11(14)10(8-16-19)12(15)18-13/h8-9,19H,3-7H2,1-2H3/b16-8+. The number of hydrogen-bond donors (Lipinski definition) is 1. The molecule has 0 spiro atoms. The fraction of sp³-hybridized carbons (Fsp3) is 0.615. The molecule has 1 heterocycles. The molecular formula is C13H19Cl2N3O. The minimum Gasteiger partial charge on any atom is -0.411 e. The lowest BCUT2D eigenvalue weighted by Gasteiger charge is -2.11. The Morgan fingerprint density at radius 1 is 1.21 bits per heavy atom. The first-order valence-corrected chi connectivity index (χ1v) is 7.26. The van der Waals surface area contributed by atoms with Gasteiger partial charge < -0.3 is 5.21 Å². The molecule has 19 heavy (non-hydrogen) atoms. The highest BCUT2D eigenvalue weighted by Crippen LogP contribution is 2.25. The van der Waals surface area contributed by atoms with Crippen molar-refractivity contribution in [3.8, 4) is 0 Å². The normalized spacial score (nSPS) is 13.1. The van der Waals surface area contributed by atoms with Gasteiger partial charge in [0.15, 0.2) is 0 Å². The average molecular weight is 304 g/mol. The lowest BCUT2D eigenvalue weighted by Crippen LogP contribution is -2.04. The summed E-state index contributed by atoms with van der Waals surface area (Å²) < 4.78 is 0. The van der Waals surface area contributed by atoms with Gasteiger partial charge in [0.25, 0.3) is 0 Å². The number of nitrogens with zero attached hydrogens (tertiary/aromatic N) is 3. The molecule has 4 nitrogen and oxygen atoms in total. The Morgan fingerprint density at radius 3 is 2.37 bits per heavy atom. The van der Waals surface area contributed by atoms with Gasteiger partial charge in [-0.3, -0.25) is 0 Å². The minimum absolute atomic E-state index is 0.215. The molecule has 0 radical (unpaired) electrons. The zero-order chi connectivity index (χ0) is 14.3. The predicted octanol–water partition coefficient (Wildman–Crippen LogP) is 4.67. The summed E-state index contributed by atoms with van der Waals surface area (Å²) in [6, 6.07) is 0. The van der Waals surface area contributed by atoms with E-state index in [0.29, 0.717) is 11.4 Å². The second kappa shape index (κ2) is 8.33. The molecule has 1 aromatic rings. The van der Waals surface area contributed by atoms with Crippen molar-refractivity contribution < 1.29 is 5.21 Å². The van der Waals surface area contributed by atoms with Gasteiger partial charge in [0.1, 0.15) is 16.1 Å². The molecule has 1 atom stereocenters. The number of halogens is 2. The number of aromatic nitrogens is 2. The van der Waals surface area contributed by atoms with Crippen molar-refractivity contribution in [1.82, 2.24) is 9.97 Å². The third-order valence-corrected chi connectivity index (χ3v) is 3.56. The third kappa shape index (κ3) is 4.96. The Kier molecular flexibility index (Phi) is 7.10. The zero-order valence-electron chi connectivity index (χ0n) is 11.2. The van der Waals surface area contributed by atoms with Crippen LogP contribution in [0.25, 0.3) is 0 Å². The SMILES string of the molecule is CCCCCCC(C)c1nc(Cl)c(/C=N/O)c(Cl)n1. The Bertz CT molecular complexity index is 415. The van der Waals surface area contributed by atoms with Gasteiger partial charge in [0, 0.05) is 5.92 Å². The maximum absolute atomic E-state index is 8.51. The summed E-state index contributed by atoms with van der Waals surface area (Å²) in [4.78, 5) is 8.44. The summed E-state index contributed by atoms with van der Waals surface area (Å²) in [7, 11) is 0. The maximum Gasteiger partial charge on any atom is 0.143 e. The molecule has 0 aromatic carbocycles. The van der Waals surface area contributed by atoms with Gasteiger partial charge in [0.2, 0.25) is 0 Å². The Labute approximate surface area is 123 Å². The molecule has 0 saturated heterocycles. The molecule has 106 valence electrons. The van der Waals surface area contributed by atoms with Crippen molar-refractivity contribution in [3.05, 3.63) is 21.7 Å². The van der Waals surface area contributed by atoms with Crippen molar-refractivity contribution in [2.45, 2.75) is 51.9 Å². The summed E-state index contributed by atoms with van der Waals surface area (Å²) in [5, 5.41) is 11.8. The summed E-state index contributed by atoms with van der Waals surface area (Å²) in [6.07, 6.45) is 6.99. The molecule has 0 saturated carbocycles. The van der Waals surface area contributed by atoms with Crippen LogP contribution in [0.3, 0.4) is 0 Å². The van der Waals surface area contributed by atoms with Crippen molar-refractivity contribution in [2.24, 2.45) is 5.16 Å². The third-order valence-electron chi connectivity index (χ3n) is 2.99. The van der Waals surface area contributed by atoms with Gasteiger partial charge in [0.05, 0.1) is 11.8 Å². The average Bonchev–Trinajstić information content (AvgIpc) is 2.38. The van der Waals surface area contributed by atoms with Gasteiger partial charge >= 0.3 is 0 Å². The van der Waals surface area contributed by atoms with E-state index in [1.54, 1.807) is 0 Å². The van der Waals surface area contributed by atoms with Gasteiger partial charge in [-0.1, -0.05) is 67.9 Å². The fourth-order valence-electron chi connectivity index (χ4n) is 1.82. The quantitative estimate of drug-likeness (QED) is 0.262. The lowest BCUT2D eigenvalue weighted by molar-refractivity contribution is 0.322. The van der Waals surface area contributed by atoms with Crippen LogP contribution in [0.2, 0.25) is 10.3 Å². The van der Waals surface area contributed by atoms with E-state index in [2.05, 4.69) is 29.0 Å². The topological polar surface area (TPSA) is 58.4 Å². The molecule has 0 aliphatic carbocycles. The molecule has 1 N–H and O–H groups in total. The van der Waals surface area contributed by atoms with Crippen LogP contribution in [-0.2, 0) is 0 Å². The van der Waals surface area contributed by atoms with Crippen LogP contribution in [0.5, 0.6) is 0 Å². The van der Waals surface area contributed by atoms with Crippen LogP contribution in [-0.4, -0.2) is 21.4 Å². The van der Waals surface area contributed by atoms with E-state index < -0.39 is 0 Å². The highest BCUT2D eigenvalue weighted by molar-refractivity contribution is 6.37. The minimum atomic E-state index is 0.215. The van der Waals surface area contributed by atoms with Crippen molar-refractivity contribution in [2.75, 3.05) is 0 Å². The molecule has 0 aliphatic rings. The summed E-state index contributed by atoms with van der Waals surface area (Å²) >= 11 is 12.0. The second-order valence-electron chi connectivity index (χ2n) is 4.57. The maximum atomic E-state index is 8.51. The first-order valence-electron chi connectivity index (χ1n) is 6.50. The van der Waals surface area contributed by atoms with Crippen LogP contribution < -0.4 is 0 Å². The van der Waals surface area contributed by atoms with Crippen LogP contribution in [0.15, 0.2) is 5.16 Å². The summed E-state index contributed by atoms with van der Waals surface area (Å²) in [5.41, 5.74) is 0.341. The lowest BCUT2D eigenvalue weighted by atomic mass is 10.0. The summed E-state index contributed by atoms with van der Waals surface area (Å²) in [6.45, 7) is 4.25. The Hall–Kier alpha value is -0.870. The van der Waals surface area contributed by atoms with E-state index in [9.17, 15) is 0 Å². The number of oxime groups is 1. The van der Waals surface area contributed by atoms with E-state index in [1.807, 2.05) is 0 Å². The highest BCUT2D eigenvalue weighted by atomic mass is 35.5. The van der Waals surface area contributed by atoms with E-state index in [0.717, 1.165) is 19.1 Å². The highest BCUT2D eigenvalue weighted by Gasteiger charge is 2.14. The van der Waals surface area contributed by atoms with Gasteiger partial charge in [-0.15, -0.1) is 0 Å². The van der Waals surface area contributed by atoms with Gasteiger partial charge in [-0.2, -0.15) is 0 Å². The molecule has 1 rings (SSSR count). The second-order valence-corrected chi connectivity index (χ2v) is 5.29. The Balaban J connectivity index is 2.73. The molecule has 6 heteroatoms. The van der Waals surface area contributed by atoms with E-state index >= 15 is 0 Å². The predicted molar refractivity (Wildman–Crippen MR) is 78.6 cm³/mol. The monoisotopic (exact) mass is 303 g/mol. The van der Waals surface area contributed by atoms with E-state index in [1.165, 1.54) is 19.3 Å². The molecule has 0 amide bonds. The largest absolute Gasteiger partial charge is 0.411 e. The first kappa shape index (κ1) is 16.2. The Morgan fingerprint density at radius 2 is 1.84 bits per heavy atom. The van der Waals surface area contributed by atoms with Crippen molar-refractivity contribution in [1.29, 1.82) is 0 Å². The van der Waals surface area contributed by atoms with Crippen LogP contribution in [0.1, 0.15) is 63.3 Å². The van der Waals surface area contributed by atoms with E-state index in [-0.39, 0.29) is 16.2 Å². The number of hydrogen-bond acceptors (Lipinski definition) is 4. The van der Waals surface area contributed by atoms with Crippen LogP contribution in [0, 0.1) is 0 Å². The molecular weight excluding hydrogens is 285 g/mol. The van der Waals surface area contributed by atoms with Gasteiger partial charge in [-0.05, 0) is 6.42 Å². The van der Waals surface area contributed by atoms with Crippen molar-refractivity contribution in [3.63, 3.8) is 0 Å². The van der Waals surface area contributed by atoms with E-state index in [4.69, 9.17) is 28.4 Å². The number of rotatable bonds is 7. The molecule has 1 aromatic heterocycles. The number of unbranched alkanes of at least 4 members (excludes halogenated alkanes) is 3.